The molecular weight excluding hydrogens is 278 g/mol. The third kappa shape index (κ3) is 3.31. The summed E-state index contributed by atoms with van der Waals surface area (Å²) in [7, 11) is 0. The van der Waals surface area contributed by atoms with Crippen LogP contribution in [-0.4, -0.2) is 35.0 Å². The van der Waals surface area contributed by atoms with E-state index < -0.39 is 11.9 Å². The lowest BCUT2D eigenvalue weighted by atomic mass is 9.94. The average Bonchev–Trinajstić information content (AvgIpc) is 2.45. The number of hydrogen-bond donors (Lipinski definition) is 1. The van der Waals surface area contributed by atoms with Crippen LogP contribution < -0.4 is 0 Å². The molecule has 0 aromatic heterocycles. The van der Waals surface area contributed by atoms with E-state index in [-0.39, 0.29) is 11.8 Å². The van der Waals surface area contributed by atoms with Crippen molar-refractivity contribution in [3.8, 4) is 0 Å². The second-order valence-electron chi connectivity index (χ2n) is 5.24. The minimum Gasteiger partial charge on any atom is -0.481 e. The Hall–Kier alpha value is -1.55. The van der Waals surface area contributed by atoms with Crippen molar-refractivity contribution in [2.45, 2.75) is 25.7 Å². The number of carbonyl (C=O) groups is 2. The fourth-order valence-corrected chi connectivity index (χ4v) is 2.77. The van der Waals surface area contributed by atoms with Crippen molar-refractivity contribution in [2.24, 2.45) is 5.92 Å². The van der Waals surface area contributed by atoms with E-state index in [1.165, 1.54) is 0 Å². The molecule has 1 amide bonds. The molecule has 1 aromatic carbocycles. The molecule has 0 spiro atoms. The van der Waals surface area contributed by atoms with Crippen LogP contribution in [-0.2, 0) is 9.59 Å². The van der Waals surface area contributed by atoms with Crippen LogP contribution >= 0.6 is 11.6 Å². The predicted octanol–water partition coefficient (Wildman–Crippen LogP) is 2.77. The van der Waals surface area contributed by atoms with Crippen LogP contribution in [0.4, 0.5) is 0 Å². The number of aliphatic carboxylic acids is 1. The number of nitrogens with zero attached hydrogens (tertiary/aromatic N) is 1. The van der Waals surface area contributed by atoms with Crippen molar-refractivity contribution in [3.05, 3.63) is 34.9 Å². The Balaban J connectivity index is 2.08. The van der Waals surface area contributed by atoms with Gasteiger partial charge in [0.15, 0.2) is 0 Å². The van der Waals surface area contributed by atoms with Crippen LogP contribution in [0, 0.1) is 5.92 Å². The molecule has 20 heavy (non-hydrogen) atoms. The highest BCUT2D eigenvalue weighted by Crippen LogP contribution is 2.24. The molecule has 4 nitrogen and oxygen atoms in total. The summed E-state index contributed by atoms with van der Waals surface area (Å²) in [5.74, 6) is -1.60. The molecule has 1 aliphatic heterocycles. The summed E-state index contributed by atoms with van der Waals surface area (Å²) in [5, 5.41) is 9.68. The van der Waals surface area contributed by atoms with E-state index in [1.807, 2.05) is 19.1 Å². The maximum Gasteiger partial charge on any atom is 0.308 e. The lowest BCUT2D eigenvalue weighted by Gasteiger charge is -2.32. The Morgan fingerprint density at radius 3 is 2.85 bits per heavy atom. The molecule has 1 heterocycles. The molecule has 0 radical (unpaired) electrons. The molecule has 0 aliphatic carbocycles. The first-order valence-corrected chi connectivity index (χ1v) is 7.14. The smallest absolute Gasteiger partial charge is 0.308 e. The van der Waals surface area contributed by atoms with Gasteiger partial charge in [0.1, 0.15) is 0 Å². The van der Waals surface area contributed by atoms with Gasteiger partial charge in [-0.15, -0.1) is 0 Å². The van der Waals surface area contributed by atoms with Gasteiger partial charge in [0.05, 0.1) is 11.8 Å². The summed E-state index contributed by atoms with van der Waals surface area (Å²) >= 11 is 5.94. The molecule has 0 saturated carbocycles. The zero-order chi connectivity index (χ0) is 14.7. The van der Waals surface area contributed by atoms with Crippen molar-refractivity contribution >= 4 is 23.5 Å². The van der Waals surface area contributed by atoms with E-state index in [0.29, 0.717) is 24.5 Å². The van der Waals surface area contributed by atoms with E-state index in [4.69, 9.17) is 16.7 Å². The summed E-state index contributed by atoms with van der Waals surface area (Å²) in [5.41, 5.74) is 0.861. The van der Waals surface area contributed by atoms with E-state index in [0.717, 1.165) is 12.0 Å². The topological polar surface area (TPSA) is 57.6 Å². The number of carbonyl (C=O) groups excluding carboxylic acids is 1. The van der Waals surface area contributed by atoms with Gasteiger partial charge in [-0.1, -0.05) is 23.7 Å². The zero-order valence-corrected chi connectivity index (χ0v) is 12.1. The van der Waals surface area contributed by atoms with E-state index in [1.54, 1.807) is 17.0 Å². The first-order valence-electron chi connectivity index (χ1n) is 6.76. The number of carboxylic acid groups (broad SMARTS) is 1. The van der Waals surface area contributed by atoms with E-state index in [2.05, 4.69) is 0 Å². The second-order valence-corrected chi connectivity index (χ2v) is 5.67. The highest BCUT2D eigenvalue weighted by Gasteiger charge is 2.30. The molecule has 5 heteroatoms. The normalized spacial score (nSPS) is 20.5. The Morgan fingerprint density at radius 1 is 1.45 bits per heavy atom. The van der Waals surface area contributed by atoms with Gasteiger partial charge >= 0.3 is 5.97 Å². The van der Waals surface area contributed by atoms with Gasteiger partial charge in [-0.05, 0) is 37.5 Å². The molecule has 2 rings (SSSR count). The molecule has 1 aliphatic rings. The Kier molecular flexibility index (Phi) is 4.65. The highest BCUT2D eigenvalue weighted by molar-refractivity contribution is 6.30. The van der Waals surface area contributed by atoms with Gasteiger partial charge in [0.25, 0.3) is 0 Å². The van der Waals surface area contributed by atoms with Gasteiger partial charge < -0.3 is 10.0 Å². The molecule has 1 aromatic rings. The maximum atomic E-state index is 12.5. The van der Waals surface area contributed by atoms with Crippen molar-refractivity contribution < 1.29 is 14.7 Å². The highest BCUT2D eigenvalue weighted by atomic mass is 35.5. The number of hydrogen-bond acceptors (Lipinski definition) is 2. The zero-order valence-electron chi connectivity index (χ0n) is 11.4. The number of benzene rings is 1. The van der Waals surface area contributed by atoms with Crippen LogP contribution in [0.15, 0.2) is 24.3 Å². The fraction of sp³-hybridized carbons (Fsp3) is 0.467. The number of piperidine rings is 1. The summed E-state index contributed by atoms with van der Waals surface area (Å²) in [6.07, 6.45) is 1.38. The standard InChI is InChI=1S/C15H18ClNO3/c1-10(11-4-2-6-13(16)8-11)14(18)17-7-3-5-12(9-17)15(19)20/h2,4,6,8,10,12H,3,5,7,9H2,1H3,(H,19,20)/t10?,12-/m0/s1. The molecule has 1 unspecified atom stereocenters. The monoisotopic (exact) mass is 295 g/mol. The summed E-state index contributed by atoms with van der Waals surface area (Å²) in [4.78, 5) is 25.2. The van der Waals surface area contributed by atoms with Crippen LogP contribution in [0.1, 0.15) is 31.2 Å². The van der Waals surface area contributed by atoms with Crippen LogP contribution in [0.2, 0.25) is 5.02 Å². The first-order chi connectivity index (χ1) is 9.49. The number of rotatable bonds is 3. The SMILES string of the molecule is CC(C(=O)N1CCC[C@H](C(=O)O)C1)c1cccc(Cl)c1. The molecule has 1 saturated heterocycles. The number of carboxylic acids is 1. The number of halogens is 1. The quantitative estimate of drug-likeness (QED) is 0.933. The van der Waals surface area contributed by atoms with Gasteiger partial charge in [-0.3, -0.25) is 9.59 Å². The molecular formula is C15H18ClNO3. The largest absolute Gasteiger partial charge is 0.481 e. The molecule has 2 atom stereocenters. The fourth-order valence-electron chi connectivity index (χ4n) is 2.57. The molecule has 1 N–H and O–H groups in total. The minimum absolute atomic E-state index is 0.0294. The van der Waals surface area contributed by atoms with Gasteiger partial charge in [0, 0.05) is 18.1 Å². The molecule has 1 fully saturated rings. The number of amides is 1. The summed E-state index contributed by atoms with van der Waals surface area (Å²) in [6, 6.07) is 7.23. The first kappa shape index (κ1) is 14.9. The van der Waals surface area contributed by atoms with Gasteiger partial charge in [-0.25, -0.2) is 0 Å². The Bertz CT molecular complexity index is 518. The van der Waals surface area contributed by atoms with E-state index >= 15 is 0 Å². The van der Waals surface area contributed by atoms with Crippen molar-refractivity contribution in [2.75, 3.05) is 13.1 Å². The van der Waals surface area contributed by atoms with Crippen LogP contribution in [0.5, 0.6) is 0 Å². The summed E-state index contributed by atoms with van der Waals surface area (Å²) in [6.45, 7) is 2.77. The third-order valence-corrected chi connectivity index (χ3v) is 4.04. The molecule has 0 bridgehead atoms. The van der Waals surface area contributed by atoms with Crippen molar-refractivity contribution in [1.82, 2.24) is 4.90 Å². The Morgan fingerprint density at radius 2 is 2.20 bits per heavy atom. The van der Waals surface area contributed by atoms with Crippen molar-refractivity contribution in [3.63, 3.8) is 0 Å². The van der Waals surface area contributed by atoms with Crippen molar-refractivity contribution in [1.29, 1.82) is 0 Å². The third-order valence-electron chi connectivity index (χ3n) is 3.80. The molecule has 108 valence electrons. The number of likely N-dealkylation sites (tertiary alicyclic amines) is 1. The van der Waals surface area contributed by atoms with Gasteiger partial charge in [-0.2, -0.15) is 0 Å². The maximum absolute atomic E-state index is 12.5. The minimum atomic E-state index is -0.821. The van der Waals surface area contributed by atoms with E-state index in [9.17, 15) is 9.59 Å². The lowest BCUT2D eigenvalue weighted by molar-refractivity contribution is -0.146. The average molecular weight is 296 g/mol. The van der Waals surface area contributed by atoms with Gasteiger partial charge in [0.2, 0.25) is 5.91 Å². The second kappa shape index (κ2) is 6.27. The Labute approximate surface area is 123 Å². The summed E-state index contributed by atoms with van der Waals surface area (Å²) < 4.78 is 0. The predicted molar refractivity (Wildman–Crippen MR) is 76.8 cm³/mol. The van der Waals surface area contributed by atoms with Crippen LogP contribution in [0.25, 0.3) is 0 Å². The lowest BCUT2D eigenvalue weighted by Crippen LogP contribution is -2.43. The van der Waals surface area contributed by atoms with Crippen LogP contribution in [0.3, 0.4) is 0 Å².